The zero-order chi connectivity index (χ0) is 15.5. The van der Waals surface area contributed by atoms with E-state index in [-0.39, 0.29) is 18.0 Å². The number of hydrogen-bond acceptors (Lipinski definition) is 5. The molecule has 2 aliphatic rings. The first-order valence-electron chi connectivity index (χ1n) is 7.48. The molecule has 1 aromatic rings. The van der Waals surface area contributed by atoms with Crippen LogP contribution >= 0.6 is 0 Å². The van der Waals surface area contributed by atoms with Crippen LogP contribution in [0.15, 0.2) is 24.5 Å². The van der Waals surface area contributed by atoms with Crippen LogP contribution in [0, 0.1) is 0 Å². The number of aromatic nitrogens is 1. The highest BCUT2D eigenvalue weighted by Gasteiger charge is 2.37. The third-order valence-electron chi connectivity index (χ3n) is 3.99. The van der Waals surface area contributed by atoms with Gasteiger partial charge in [-0.25, -0.2) is 4.79 Å². The highest BCUT2D eigenvalue weighted by molar-refractivity contribution is 6.03. The number of carbonyl (C=O) groups excluding carboxylic acids is 2. The van der Waals surface area contributed by atoms with Crippen molar-refractivity contribution in [3.05, 3.63) is 30.1 Å². The second kappa shape index (κ2) is 6.41. The van der Waals surface area contributed by atoms with Crippen LogP contribution < -0.4 is 5.32 Å². The van der Waals surface area contributed by atoms with Crippen LogP contribution in [0.3, 0.4) is 0 Å². The number of imide groups is 1. The third-order valence-corrected chi connectivity index (χ3v) is 3.99. The quantitative estimate of drug-likeness (QED) is 0.806. The maximum Gasteiger partial charge on any atom is 0.324 e. The van der Waals surface area contributed by atoms with Crippen LogP contribution in [0.25, 0.3) is 0 Å². The van der Waals surface area contributed by atoms with Crippen molar-refractivity contribution in [1.82, 2.24) is 20.1 Å². The summed E-state index contributed by atoms with van der Waals surface area (Å²) in [6.45, 7) is 4.97. The van der Waals surface area contributed by atoms with Gasteiger partial charge in [-0.3, -0.25) is 19.6 Å². The molecule has 7 nitrogen and oxygen atoms in total. The van der Waals surface area contributed by atoms with Gasteiger partial charge in [0.25, 0.3) is 5.91 Å². The molecule has 3 heterocycles. The zero-order valence-electron chi connectivity index (χ0n) is 12.6. The first-order chi connectivity index (χ1) is 10.6. The monoisotopic (exact) mass is 304 g/mol. The Balaban J connectivity index is 1.57. The fourth-order valence-electron chi connectivity index (χ4n) is 2.82. The van der Waals surface area contributed by atoms with Crippen molar-refractivity contribution >= 4 is 11.9 Å². The van der Waals surface area contributed by atoms with Gasteiger partial charge in [0.1, 0.15) is 6.04 Å². The molecule has 1 unspecified atom stereocenters. The number of nitrogens with zero attached hydrogens (tertiary/aromatic N) is 3. The summed E-state index contributed by atoms with van der Waals surface area (Å²) < 4.78 is 5.71. The van der Waals surface area contributed by atoms with Crippen molar-refractivity contribution in [2.75, 3.05) is 26.2 Å². The Morgan fingerprint density at radius 2 is 2.14 bits per heavy atom. The van der Waals surface area contributed by atoms with Gasteiger partial charge in [-0.15, -0.1) is 0 Å². The van der Waals surface area contributed by atoms with Crippen molar-refractivity contribution in [2.24, 2.45) is 0 Å². The van der Waals surface area contributed by atoms with Gasteiger partial charge in [0, 0.05) is 32.0 Å². The van der Waals surface area contributed by atoms with E-state index >= 15 is 0 Å². The largest absolute Gasteiger partial charge is 0.374 e. The summed E-state index contributed by atoms with van der Waals surface area (Å²) in [5.41, 5.74) is 1.19. The summed E-state index contributed by atoms with van der Waals surface area (Å²) in [7, 11) is 0. The van der Waals surface area contributed by atoms with Crippen LogP contribution in [0.5, 0.6) is 0 Å². The van der Waals surface area contributed by atoms with E-state index in [4.69, 9.17) is 4.74 Å². The minimum Gasteiger partial charge on any atom is -0.374 e. The molecule has 0 spiro atoms. The molecular formula is C15H20N4O3. The van der Waals surface area contributed by atoms with Crippen molar-refractivity contribution in [3.8, 4) is 0 Å². The van der Waals surface area contributed by atoms with Crippen molar-refractivity contribution in [1.29, 1.82) is 0 Å². The van der Waals surface area contributed by atoms with Crippen LogP contribution in [0.2, 0.25) is 0 Å². The van der Waals surface area contributed by atoms with Gasteiger partial charge >= 0.3 is 6.03 Å². The molecule has 2 atom stereocenters. The SMILES string of the molecule is C[C@H]1NC(=O)N(CC2CN(Cc3ccncc3)CCO2)C1=O. The molecule has 0 saturated carbocycles. The molecule has 22 heavy (non-hydrogen) atoms. The molecule has 2 aliphatic heterocycles. The fraction of sp³-hybridized carbons (Fsp3) is 0.533. The molecule has 2 fully saturated rings. The highest BCUT2D eigenvalue weighted by Crippen LogP contribution is 2.13. The van der Waals surface area contributed by atoms with E-state index in [2.05, 4.69) is 15.2 Å². The van der Waals surface area contributed by atoms with Crippen LogP contribution in [-0.2, 0) is 16.1 Å². The van der Waals surface area contributed by atoms with E-state index in [0.29, 0.717) is 19.7 Å². The molecule has 1 N–H and O–H groups in total. The van der Waals surface area contributed by atoms with E-state index < -0.39 is 6.04 Å². The fourth-order valence-corrected chi connectivity index (χ4v) is 2.82. The smallest absolute Gasteiger partial charge is 0.324 e. The van der Waals surface area contributed by atoms with Gasteiger partial charge in [-0.2, -0.15) is 0 Å². The van der Waals surface area contributed by atoms with Gasteiger partial charge in [0.15, 0.2) is 0 Å². The van der Waals surface area contributed by atoms with Gasteiger partial charge < -0.3 is 10.1 Å². The molecule has 0 bridgehead atoms. The summed E-state index contributed by atoms with van der Waals surface area (Å²) in [4.78, 5) is 31.2. The summed E-state index contributed by atoms with van der Waals surface area (Å²) in [5.74, 6) is -0.181. The molecular weight excluding hydrogens is 284 g/mol. The average Bonchev–Trinajstić information content (AvgIpc) is 2.75. The lowest BCUT2D eigenvalue weighted by Crippen LogP contribution is -2.48. The second-order valence-electron chi connectivity index (χ2n) is 5.70. The lowest BCUT2D eigenvalue weighted by atomic mass is 10.2. The normalized spacial score (nSPS) is 26.3. The number of pyridine rings is 1. The summed E-state index contributed by atoms with van der Waals surface area (Å²) in [5, 5.41) is 2.62. The number of ether oxygens (including phenoxy) is 1. The molecule has 7 heteroatoms. The van der Waals surface area contributed by atoms with Gasteiger partial charge in [0.05, 0.1) is 19.3 Å². The number of urea groups is 1. The average molecular weight is 304 g/mol. The van der Waals surface area contributed by atoms with E-state index in [1.165, 1.54) is 10.5 Å². The molecule has 0 radical (unpaired) electrons. The predicted octanol–water partition coefficient (Wildman–Crippen LogP) is 0.223. The number of nitrogens with one attached hydrogen (secondary N) is 1. The predicted molar refractivity (Wildman–Crippen MR) is 79.0 cm³/mol. The number of amides is 3. The Bertz CT molecular complexity index is 551. The van der Waals surface area contributed by atoms with E-state index in [9.17, 15) is 9.59 Å². The molecule has 0 aliphatic carbocycles. The number of hydrogen-bond donors (Lipinski definition) is 1. The Labute approximate surface area is 129 Å². The van der Waals surface area contributed by atoms with Crippen molar-refractivity contribution in [2.45, 2.75) is 25.6 Å². The Kier molecular flexibility index (Phi) is 4.35. The lowest BCUT2D eigenvalue weighted by Gasteiger charge is -2.34. The first kappa shape index (κ1) is 14.9. The number of rotatable bonds is 4. The van der Waals surface area contributed by atoms with Crippen molar-refractivity contribution in [3.63, 3.8) is 0 Å². The zero-order valence-corrected chi connectivity index (χ0v) is 12.6. The van der Waals surface area contributed by atoms with Gasteiger partial charge in [0.2, 0.25) is 0 Å². The van der Waals surface area contributed by atoms with Gasteiger partial charge in [-0.05, 0) is 24.6 Å². The van der Waals surface area contributed by atoms with E-state index in [1.54, 1.807) is 19.3 Å². The maximum absolute atomic E-state index is 11.9. The van der Waals surface area contributed by atoms with E-state index in [0.717, 1.165) is 13.1 Å². The summed E-state index contributed by atoms with van der Waals surface area (Å²) >= 11 is 0. The van der Waals surface area contributed by atoms with Crippen LogP contribution in [0.4, 0.5) is 4.79 Å². The molecule has 0 aromatic carbocycles. The minimum absolute atomic E-state index is 0.143. The van der Waals surface area contributed by atoms with Crippen LogP contribution in [0.1, 0.15) is 12.5 Å². The standard InChI is InChI=1S/C15H20N4O3/c1-11-14(20)19(15(21)17-11)10-13-9-18(6-7-22-13)8-12-2-4-16-5-3-12/h2-5,11,13H,6-10H2,1H3,(H,17,21)/t11-,13?/m1/s1. The molecule has 2 saturated heterocycles. The topological polar surface area (TPSA) is 74.8 Å². The number of morpholine rings is 1. The Morgan fingerprint density at radius 3 is 2.82 bits per heavy atom. The maximum atomic E-state index is 11.9. The summed E-state index contributed by atoms with van der Waals surface area (Å²) in [6.07, 6.45) is 3.42. The van der Waals surface area contributed by atoms with Crippen molar-refractivity contribution < 1.29 is 14.3 Å². The van der Waals surface area contributed by atoms with Crippen LogP contribution in [-0.4, -0.2) is 65.1 Å². The Morgan fingerprint density at radius 1 is 1.36 bits per heavy atom. The molecule has 3 rings (SSSR count). The molecule has 3 amide bonds. The van der Waals surface area contributed by atoms with Gasteiger partial charge in [-0.1, -0.05) is 0 Å². The highest BCUT2D eigenvalue weighted by atomic mass is 16.5. The third kappa shape index (κ3) is 3.26. The molecule has 118 valence electrons. The second-order valence-corrected chi connectivity index (χ2v) is 5.70. The summed E-state index contributed by atoms with van der Waals surface area (Å²) in [6, 6.07) is 3.21. The lowest BCUT2D eigenvalue weighted by molar-refractivity contribution is -0.129. The minimum atomic E-state index is -0.441. The first-order valence-corrected chi connectivity index (χ1v) is 7.48. The number of carbonyl (C=O) groups is 2. The van der Waals surface area contributed by atoms with E-state index in [1.807, 2.05) is 12.1 Å². The Hall–Kier alpha value is -1.99. The molecule has 1 aromatic heterocycles.